The minimum Gasteiger partial charge on any atom is -0.480 e. The number of hydrogen-bond acceptors (Lipinski definition) is 3. The summed E-state index contributed by atoms with van der Waals surface area (Å²) in [6.45, 7) is 7.37. The predicted octanol–water partition coefficient (Wildman–Crippen LogP) is 2.04. The Morgan fingerprint density at radius 3 is 2.57 bits per heavy atom. The zero-order chi connectivity index (χ0) is 16.0. The second kappa shape index (κ2) is 7.06. The zero-order valence-corrected chi connectivity index (χ0v) is 13.0. The summed E-state index contributed by atoms with van der Waals surface area (Å²) in [7, 11) is 0. The fourth-order valence-corrected chi connectivity index (χ4v) is 1.96. The van der Waals surface area contributed by atoms with E-state index in [0.29, 0.717) is 0 Å². The molecule has 0 aromatic carbocycles. The van der Waals surface area contributed by atoms with Gasteiger partial charge in [0.05, 0.1) is 12.2 Å². The standard InChI is InChI=1S/C15H23N3O3/c1-5-11-7-6-8-16-12(11)9-17-14(21)18(10-13(19)20)15(2,3)4/h6-8H,5,9-10H2,1-4H3,(H,17,21)(H,19,20). The van der Waals surface area contributed by atoms with Crippen molar-refractivity contribution < 1.29 is 14.7 Å². The Kier molecular flexibility index (Phi) is 5.69. The molecule has 6 heteroatoms. The van der Waals surface area contributed by atoms with Gasteiger partial charge in [0, 0.05) is 11.7 Å². The highest BCUT2D eigenvalue weighted by molar-refractivity contribution is 5.80. The molecule has 0 atom stereocenters. The van der Waals surface area contributed by atoms with Crippen LogP contribution < -0.4 is 5.32 Å². The Hall–Kier alpha value is -2.11. The second-order valence-electron chi connectivity index (χ2n) is 5.77. The van der Waals surface area contributed by atoms with Crippen molar-refractivity contribution in [1.29, 1.82) is 0 Å². The summed E-state index contributed by atoms with van der Waals surface area (Å²) in [6.07, 6.45) is 2.51. The Labute approximate surface area is 125 Å². The second-order valence-corrected chi connectivity index (χ2v) is 5.77. The van der Waals surface area contributed by atoms with Crippen LogP contribution in [0.1, 0.15) is 39.0 Å². The van der Waals surface area contributed by atoms with Gasteiger partial charge in [-0.3, -0.25) is 9.78 Å². The molecule has 1 heterocycles. The molecular formula is C15H23N3O3. The lowest BCUT2D eigenvalue weighted by Crippen LogP contribution is -2.52. The maximum Gasteiger partial charge on any atom is 0.323 e. The number of carbonyl (C=O) groups is 2. The van der Waals surface area contributed by atoms with Crippen LogP contribution in [0, 0.1) is 0 Å². The van der Waals surface area contributed by atoms with E-state index in [1.807, 2.05) is 19.1 Å². The van der Waals surface area contributed by atoms with Gasteiger partial charge in [0.25, 0.3) is 0 Å². The first-order valence-corrected chi connectivity index (χ1v) is 6.95. The Morgan fingerprint density at radius 2 is 2.05 bits per heavy atom. The average Bonchev–Trinajstić information content (AvgIpc) is 2.41. The number of carboxylic acids is 1. The molecule has 0 aliphatic rings. The van der Waals surface area contributed by atoms with Crippen LogP contribution in [0.15, 0.2) is 18.3 Å². The first-order valence-electron chi connectivity index (χ1n) is 6.95. The van der Waals surface area contributed by atoms with Crippen molar-refractivity contribution in [3.05, 3.63) is 29.6 Å². The molecule has 0 bridgehead atoms. The molecule has 21 heavy (non-hydrogen) atoms. The smallest absolute Gasteiger partial charge is 0.323 e. The van der Waals surface area contributed by atoms with Gasteiger partial charge in [-0.15, -0.1) is 0 Å². The lowest BCUT2D eigenvalue weighted by Gasteiger charge is -2.34. The molecular weight excluding hydrogens is 270 g/mol. The van der Waals surface area contributed by atoms with Crippen LogP contribution in [0.25, 0.3) is 0 Å². The number of rotatable bonds is 5. The van der Waals surface area contributed by atoms with Gasteiger partial charge >= 0.3 is 12.0 Å². The van der Waals surface area contributed by atoms with Gasteiger partial charge in [-0.25, -0.2) is 4.79 Å². The summed E-state index contributed by atoms with van der Waals surface area (Å²) < 4.78 is 0. The third-order valence-electron chi connectivity index (χ3n) is 3.12. The number of nitrogens with one attached hydrogen (secondary N) is 1. The van der Waals surface area contributed by atoms with Crippen molar-refractivity contribution in [2.24, 2.45) is 0 Å². The van der Waals surface area contributed by atoms with Crippen LogP contribution in [-0.2, 0) is 17.8 Å². The number of carboxylic acid groups (broad SMARTS) is 1. The van der Waals surface area contributed by atoms with Crippen molar-refractivity contribution in [2.45, 2.75) is 46.2 Å². The molecule has 0 unspecified atom stereocenters. The topological polar surface area (TPSA) is 82.5 Å². The molecule has 0 spiro atoms. The van der Waals surface area contributed by atoms with E-state index in [4.69, 9.17) is 5.11 Å². The van der Waals surface area contributed by atoms with Crippen LogP contribution in [0.4, 0.5) is 4.79 Å². The normalized spacial score (nSPS) is 11.0. The van der Waals surface area contributed by atoms with E-state index in [9.17, 15) is 9.59 Å². The first kappa shape index (κ1) is 16.9. The SMILES string of the molecule is CCc1cccnc1CNC(=O)N(CC(=O)O)C(C)(C)C. The Bertz CT molecular complexity index is 509. The van der Waals surface area contributed by atoms with Gasteiger partial charge in [-0.05, 0) is 38.8 Å². The van der Waals surface area contributed by atoms with E-state index >= 15 is 0 Å². The van der Waals surface area contributed by atoms with Crippen LogP contribution in [0.5, 0.6) is 0 Å². The monoisotopic (exact) mass is 293 g/mol. The summed E-state index contributed by atoms with van der Waals surface area (Å²) >= 11 is 0. The van der Waals surface area contributed by atoms with Crippen molar-refractivity contribution in [3.8, 4) is 0 Å². The molecule has 0 aliphatic carbocycles. The van der Waals surface area contributed by atoms with E-state index in [0.717, 1.165) is 17.7 Å². The number of amides is 2. The summed E-state index contributed by atoms with van der Waals surface area (Å²) in [6, 6.07) is 3.42. The quantitative estimate of drug-likeness (QED) is 0.870. The third kappa shape index (κ3) is 5.06. The number of hydrogen-bond donors (Lipinski definition) is 2. The number of urea groups is 1. The van der Waals surface area contributed by atoms with Gasteiger partial charge in [0.15, 0.2) is 0 Å². The van der Waals surface area contributed by atoms with Crippen molar-refractivity contribution in [3.63, 3.8) is 0 Å². The molecule has 0 radical (unpaired) electrons. The summed E-state index contributed by atoms with van der Waals surface area (Å²) in [4.78, 5) is 28.7. The molecule has 0 saturated heterocycles. The zero-order valence-electron chi connectivity index (χ0n) is 13.0. The number of carbonyl (C=O) groups excluding carboxylic acids is 1. The Morgan fingerprint density at radius 1 is 1.38 bits per heavy atom. The molecule has 0 aliphatic heterocycles. The molecule has 1 aromatic heterocycles. The summed E-state index contributed by atoms with van der Waals surface area (Å²) in [5, 5.41) is 11.7. The fraction of sp³-hybridized carbons (Fsp3) is 0.533. The van der Waals surface area contributed by atoms with Crippen LogP contribution >= 0.6 is 0 Å². The number of nitrogens with zero attached hydrogens (tertiary/aromatic N) is 2. The summed E-state index contributed by atoms with van der Waals surface area (Å²) in [5.74, 6) is -1.04. The van der Waals surface area contributed by atoms with Crippen molar-refractivity contribution in [2.75, 3.05) is 6.54 Å². The van der Waals surface area contributed by atoms with Gasteiger partial charge in [0.1, 0.15) is 6.54 Å². The molecule has 2 N–H and O–H groups in total. The summed E-state index contributed by atoms with van der Waals surface area (Å²) in [5.41, 5.74) is 1.30. The highest BCUT2D eigenvalue weighted by Crippen LogP contribution is 2.13. The predicted molar refractivity (Wildman–Crippen MR) is 79.9 cm³/mol. The van der Waals surface area contributed by atoms with Crippen LogP contribution in [0.2, 0.25) is 0 Å². The van der Waals surface area contributed by atoms with Gasteiger partial charge in [0.2, 0.25) is 0 Å². The maximum atomic E-state index is 12.2. The first-order chi connectivity index (χ1) is 9.75. The minimum atomic E-state index is -1.04. The Balaban J connectivity index is 2.76. The third-order valence-corrected chi connectivity index (χ3v) is 3.12. The van der Waals surface area contributed by atoms with E-state index in [-0.39, 0.29) is 13.1 Å². The highest BCUT2D eigenvalue weighted by atomic mass is 16.4. The van der Waals surface area contributed by atoms with Crippen molar-refractivity contribution in [1.82, 2.24) is 15.2 Å². The van der Waals surface area contributed by atoms with Gasteiger partial charge < -0.3 is 15.3 Å². The van der Waals surface area contributed by atoms with Crippen molar-refractivity contribution >= 4 is 12.0 Å². The van der Waals surface area contributed by atoms with Crippen LogP contribution in [0.3, 0.4) is 0 Å². The van der Waals surface area contributed by atoms with E-state index in [1.165, 1.54) is 4.90 Å². The lowest BCUT2D eigenvalue weighted by atomic mass is 10.1. The average molecular weight is 293 g/mol. The van der Waals surface area contributed by atoms with Gasteiger partial charge in [-0.1, -0.05) is 13.0 Å². The number of aromatic nitrogens is 1. The van der Waals surface area contributed by atoms with E-state index in [2.05, 4.69) is 10.3 Å². The van der Waals surface area contributed by atoms with Gasteiger partial charge in [-0.2, -0.15) is 0 Å². The molecule has 1 aromatic rings. The molecule has 0 fully saturated rings. The highest BCUT2D eigenvalue weighted by Gasteiger charge is 2.28. The minimum absolute atomic E-state index is 0.287. The fourth-order valence-electron chi connectivity index (χ4n) is 1.96. The number of aryl methyl sites for hydroxylation is 1. The number of pyridine rings is 1. The van der Waals surface area contributed by atoms with Crippen LogP contribution in [-0.4, -0.2) is 39.1 Å². The lowest BCUT2D eigenvalue weighted by molar-refractivity contribution is -0.138. The largest absolute Gasteiger partial charge is 0.480 e. The maximum absolute atomic E-state index is 12.2. The molecule has 6 nitrogen and oxygen atoms in total. The number of aliphatic carboxylic acids is 1. The molecule has 2 amide bonds. The van der Waals surface area contributed by atoms with E-state index < -0.39 is 17.5 Å². The van der Waals surface area contributed by atoms with E-state index in [1.54, 1.807) is 27.0 Å². The molecule has 0 saturated carbocycles. The molecule has 116 valence electrons. The molecule has 1 rings (SSSR count).